The predicted octanol–water partition coefficient (Wildman–Crippen LogP) is 1.82. The molecule has 8 nitrogen and oxygen atoms in total. The summed E-state index contributed by atoms with van der Waals surface area (Å²) in [5.74, 6) is -0.107. The van der Waals surface area contributed by atoms with Gasteiger partial charge in [-0.25, -0.2) is 0 Å². The molecule has 3 aliphatic heterocycles. The van der Waals surface area contributed by atoms with E-state index >= 15 is 0 Å². The first kappa shape index (κ1) is 22.3. The summed E-state index contributed by atoms with van der Waals surface area (Å²) in [5.41, 5.74) is 6.28. The molecule has 2 atom stereocenters. The Balaban J connectivity index is 1.44. The number of nitrogens with zero attached hydrogens (tertiary/aromatic N) is 2. The fraction of sp³-hybridized carbons (Fsp3) is 0.583. The number of aryl methyl sites for hydroxylation is 1. The molecule has 0 unspecified atom stereocenters. The van der Waals surface area contributed by atoms with Crippen molar-refractivity contribution in [1.82, 2.24) is 9.80 Å². The highest BCUT2D eigenvalue weighted by atomic mass is 16.5. The minimum atomic E-state index is -0.716. The normalized spacial score (nSPS) is 25.2. The third-order valence-electron chi connectivity index (χ3n) is 7.20. The molecule has 3 aliphatic rings. The first-order valence-electron chi connectivity index (χ1n) is 11.4. The second-order valence-electron chi connectivity index (χ2n) is 9.40. The van der Waals surface area contributed by atoms with E-state index in [0.29, 0.717) is 56.6 Å². The van der Waals surface area contributed by atoms with E-state index in [4.69, 9.17) is 10.5 Å². The van der Waals surface area contributed by atoms with Gasteiger partial charge in [0.2, 0.25) is 17.7 Å². The smallest absolute Gasteiger partial charge is 0.245 e. The van der Waals surface area contributed by atoms with Gasteiger partial charge in [0, 0.05) is 38.4 Å². The molecule has 1 aromatic carbocycles. The third kappa shape index (κ3) is 4.23. The summed E-state index contributed by atoms with van der Waals surface area (Å²) in [7, 11) is 0. The number of primary amides is 1. The van der Waals surface area contributed by atoms with E-state index in [2.05, 4.69) is 0 Å². The maximum Gasteiger partial charge on any atom is 0.245 e. The lowest BCUT2D eigenvalue weighted by Gasteiger charge is -2.38. The van der Waals surface area contributed by atoms with Crippen LogP contribution in [-0.2, 0) is 14.4 Å². The molecule has 8 heteroatoms. The second-order valence-corrected chi connectivity index (χ2v) is 9.40. The molecule has 1 aromatic rings. The Kier molecular flexibility index (Phi) is 5.97. The number of hydrogen-bond acceptors (Lipinski definition) is 5. The van der Waals surface area contributed by atoms with Crippen LogP contribution in [0, 0.1) is 12.8 Å². The number of ether oxygens (including phenoxy) is 1. The molecular formula is C24H31N3O5. The SMILES string of the molecule is Cc1ccc2c(c1)C(=O)C[C@]1(CCC(=O)N([C@@H](C)C(=O)N3CCC(C(N)=O)CC3)CC1)O2. The van der Waals surface area contributed by atoms with Crippen LogP contribution in [0.5, 0.6) is 5.75 Å². The number of Topliss-reactive ketones (excluding diaryl/α,β-unsaturated/α-hetero) is 1. The molecule has 172 valence electrons. The van der Waals surface area contributed by atoms with Gasteiger partial charge < -0.3 is 20.3 Å². The summed E-state index contributed by atoms with van der Waals surface area (Å²) < 4.78 is 6.31. The Morgan fingerprint density at radius 2 is 1.88 bits per heavy atom. The summed E-state index contributed by atoms with van der Waals surface area (Å²) >= 11 is 0. The number of fused-ring (bicyclic) bond motifs is 1. The van der Waals surface area contributed by atoms with E-state index in [1.807, 2.05) is 25.1 Å². The zero-order valence-corrected chi connectivity index (χ0v) is 18.8. The van der Waals surface area contributed by atoms with Gasteiger partial charge in [-0.2, -0.15) is 0 Å². The molecule has 0 aliphatic carbocycles. The van der Waals surface area contributed by atoms with Gasteiger partial charge in [0.15, 0.2) is 5.78 Å². The maximum absolute atomic E-state index is 13.1. The lowest BCUT2D eigenvalue weighted by Crippen LogP contribution is -2.52. The van der Waals surface area contributed by atoms with Crippen molar-refractivity contribution >= 4 is 23.5 Å². The number of piperidine rings is 1. The number of carbonyl (C=O) groups excluding carboxylic acids is 4. The molecule has 0 saturated carbocycles. The van der Waals surface area contributed by atoms with Crippen LogP contribution in [0.3, 0.4) is 0 Å². The number of likely N-dealkylation sites (tertiary alicyclic amines) is 2. The molecule has 0 aromatic heterocycles. The Morgan fingerprint density at radius 3 is 2.56 bits per heavy atom. The summed E-state index contributed by atoms with van der Waals surface area (Å²) in [4.78, 5) is 53.6. The summed E-state index contributed by atoms with van der Waals surface area (Å²) in [6.45, 7) is 4.99. The second kappa shape index (κ2) is 8.56. The Bertz CT molecular complexity index is 953. The number of carbonyl (C=O) groups is 4. The standard InChI is InChI=1S/C24H31N3O5/c1-15-3-4-20-18(13-15)19(28)14-24(32-20)8-5-21(29)27(12-9-24)16(2)23(31)26-10-6-17(7-11-26)22(25)30/h3-4,13,16-17H,5-12,14H2,1-2H3,(H2,25,30)/t16-,24+/m0/s1. The highest BCUT2D eigenvalue weighted by Gasteiger charge is 2.44. The van der Waals surface area contributed by atoms with Crippen LogP contribution in [0.15, 0.2) is 18.2 Å². The van der Waals surface area contributed by atoms with Crippen molar-refractivity contribution in [2.45, 2.75) is 64.0 Å². The van der Waals surface area contributed by atoms with Gasteiger partial charge >= 0.3 is 0 Å². The van der Waals surface area contributed by atoms with Crippen LogP contribution >= 0.6 is 0 Å². The molecule has 2 saturated heterocycles. The Morgan fingerprint density at radius 1 is 1.16 bits per heavy atom. The van der Waals surface area contributed by atoms with Gasteiger partial charge in [-0.05, 0) is 45.2 Å². The van der Waals surface area contributed by atoms with Crippen molar-refractivity contribution in [3.63, 3.8) is 0 Å². The summed E-state index contributed by atoms with van der Waals surface area (Å²) in [6, 6.07) is 5.00. The average Bonchev–Trinajstić information content (AvgIpc) is 2.92. The number of ketones is 1. The molecule has 32 heavy (non-hydrogen) atoms. The van der Waals surface area contributed by atoms with Gasteiger partial charge in [0.05, 0.1) is 12.0 Å². The molecule has 4 rings (SSSR count). The number of rotatable bonds is 3. The lowest BCUT2D eigenvalue weighted by atomic mass is 9.84. The molecule has 0 bridgehead atoms. The molecule has 1 spiro atoms. The van der Waals surface area contributed by atoms with E-state index in [1.165, 1.54) is 0 Å². The van der Waals surface area contributed by atoms with E-state index < -0.39 is 11.6 Å². The molecule has 2 N–H and O–H groups in total. The van der Waals surface area contributed by atoms with E-state index in [-0.39, 0.29) is 42.3 Å². The first-order chi connectivity index (χ1) is 15.2. The third-order valence-corrected chi connectivity index (χ3v) is 7.20. The monoisotopic (exact) mass is 441 g/mol. The van der Waals surface area contributed by atoms with Crippen molar-refractivity contribution in [3.05, 3.63) is 29.3 Å². The minimum Gasteiger partial charge on any atom is -0.486 e. The quantitative estimate of drug-likeness (QED) is 0.769. The number of amides is 3. The van der Waals surface area contributed by atoms with Crippen LogP contribution in [0.25, 0.3) is 0 Å². The molecule has 3 amide bonds. The molecule has 3 heterocycles. The van der Waals surface area contributed by atoms with Crippen molar-refractivity contribution in [2.24, 2.45) is 11.7 Å². The fourth-order valence-electron chi connectivity index (χ4n) is 5.13. The highest BCUT2D eigenvalue weighted by Crippen LogP contribution is 2.40. The van der Waals surface area contributed by atoms with Gasteiger partial charge in [-0.1, -0.05) is 11.6 Å². The van der Waals surface area contributed by atoms with Crippen molar-refractivity contribution in [1.29, 1.82) is 0 Å². The van der Waals surface area contributed by atoms with Crippen molar-refractivity contribution < 1.29 is 23.9 Å². The van der Waals surface area contributed by atoms with Gasteiger partial charge in [-0.15, -0.1) is 0 Å². The van der Waals surface area contributed by atoms with Crippen molar-refractivity contribution in [2.75, 3.05) is 19.6 Å². The zero-order chi connectivity index (χ0) is 23.0. The number of nitrogens with two attached hydrogens (primary N) is 1. The van der Waals surface area contributed by atoms with Crippen LogP contribution in [-0.4, -0.2) is 64.6 Å². The minimum absolute atomic E-state index is 0.0392. The summed E-state index contributed by atoms with van der Waals surface area (Å²) in [5, 5.41) is 0. The van der Waals surface area contributed by atoms with E-state index in [1.54, 1.807) is 16.7 Å². The summed E-state index contributed by atoms with van der Waals surface area (Å²) in [6.07, 6.45) is 2.54. The topological polar surface area (TPSA) is 110 Å². The lowest BCUT2D eigenvalue weighted by molar-refractivity contribution is -0.146. The van der Waals surface area contributed by atoms with Crippen LogP contribution in [0.2, 0.25) is 0 Å². The van der Waals surface area contributed by atoms with Crippen LogP contribution < -0.4 is 10.5 Å². The Labute approximate surface area is 188 Å². The van der Waals surface area contributed by atoms with Gasteiger partial charge in [-0.3, -0.25) is 19.2 Å². The average molecular weight is 442 g/mol. The number of benzene rings is 1. The van der Waals surface area contributed by atoms with Crippen molar-refractivity contribution in [3.8, 4) is 5.75 Å². The molecule has 0 radical (unpaired) electrons. The van der Waals surface area contributed by atoms with Gasteiger partial charge in [0.25, 0.3) is 0 Å². The number of hydrogen-bond donors (Lipinski definition) is 1. The maximum atomic E-state index is 13.1. The highest BCUT2D eigenvalue weighted by molar-refractivity contribution is 6.00. The van der Waals surface area contributed by atoms with Gasteiger partial charge in [0.1, 0.15) is 17.4 Å². The predicted molar refractivity (Wildman–Crippen MR) is 117 cm³/mol. The Hall–Kier alpha value is -2.90. The zero-order valence-electron chi connectivity index (χ0n) is 18.8. The van der Waals surface area contributed by atoms with E-state index in [0.717, 1.165) is 5.56 Å². The fourth-order valence-corrected chi connectivity index (χ4v) is 5.13. The van der Waals surface area contributed by atoms with E-state index in [9.17, 15) is 19.2 Å². The van der Waals surface area contributed by atoms with Crippen LogP contribution in [0.1, 0.15) is 61.4 Å². The molecular weight excluding hydrogens is 410 g/mol. The first-order valence-corrected chi connectivity index (χ1v) is 11.4. The molecule has 2 fully saturated rings. The van der Waals surface area contributed by atoms with Crippen LogP contribution in [0.4, 0.5) is 0 Å². The largest absolute Gasteiger partial charge is 0.486 e.